The molecule has 0 unspecified atom stereocenters. The number of halogens is 4. The second kappa shape index (κ2) is 13.4. The van der Waals surface area contributed by atoms with Crippen LogP contribution in [0.4, 0.5) is 13.2 Å². The smallest absolute Gasteiger partial charge is 0.212 e. The van der Waals surface area contributed by atoms with E-state index in [2.05, 4.69) is 6.92 Å². The summed E-state index contributed by atoms with van der Waals surface area (Å²) in [4.78, 5) is 0. The Balaban J connectivity index is 0.000000251. The zero-order valence-corrected chi connectivity index (χ0v) is 20.7. The van der Waals surface area contributed by atoms with Gasteiger partial charge in [0.1, 0.15) is 6.07 Å². The quantitative estimate of drug-likeness (QED) is 0.468. The van der Waals surface area contributed by atoms with E-state index >= 15 is 0 Å². The summed E-state index contributed by atoms with van der Waals surface area (Å²) in [6.07, 6.45) is 4.92. The summed E-state index contributed by atoms with van der Waals surface area (Å²) in [7, 11) is -4.14. The average molecular weight is 495 g/mol. The van der Waals surface area contributed by atoms with Gasteiger partial charge >= 0.3 is 6.18 Å². The van der Waals surface area contributed by atoms with E-state index in [4.69, 9.17) is 16.9 Å². The first-order chi connectivity index (χ1) is 14.9. The minimum Gasteiger partial charge on any atom is -0.212 e. The topological polar surface area (TPSA) is 61.2 Å². The molecule has 1 heterocycles. The lowest BCUT2D eigenvalue weighted by molar-refractivity contribution is -0.107. The fourth-order valence-corrected chi connectivity index (χ4v) is 5.49. The molecule has 2 aliphatic rings. The van der Waals surface area contributed by atoms with E-state index in [0.29, 0.717) is 17.0 Å². The molecule has 182 valence electrons. The number of sulfonamides is 1. The molecule has 1 aromatic rings. The van der Waals surface area contributed by atoms with Crippen LogP contribution >= 0.6 is 11.6 Å². The van der Waals surface area contributed by atoms with Crippen LogP contribution < -0.4 is 0 Å². The van der Waals surface area contributed by atoms with Gasteiger partial charge in [0.2, 0.25) is 10.0 Å². The fraction of sp³-hybridized carbons (Fsp3) is 0.696. The molecular formula is C23H34ClF3N2O2S. The van der Waals surface area contributed by atoms with Gasteiger partial charge in [-0.15, -0.1) is 0 Å². The number of nitriles is 1. The third kappa shape index (κ3) is 11.0. The van der Waals surface area contributed by atoms with Crippen molar-refractivity contribution < 1.29 is 21.6 Å². The Bertz CT molecular complexity index is 848. The van der Waals surface area contributed by atoms with Gasteiger partial charge in [0.05, 0.1) is 10.6 Å². The van der Waals surface area contributed by atoms with Gasteiger partial charge in [-0.1, -0.05) is 70.0 Å². The molecule has 4 nitrogen and oxygen atoms in total. The van der Waals surface area contributed by atoms with Gasteiger partial charge in [-0.3, -0.25) is 0 Å². The second-order valence-corrected chi connectivity index (χ2v) is 11.0. The van der Waals surface area contributed by atoms with Gasteiger partial charge in [-0.05, 0) is 42.9 Å². The van der Waals surface area contributed by atoms with Crippen LogP contribution in [0.5, 0.6) is 0 Å². The molecule has 0 spiro atoms. The molecule has 0 bridgehead atoms. The molecule has 0 amide bonds. The number of nitrogens with zero attached hydrogens (tertiary/aromatic N) is 2. The number of benzene rings is 1. The van der Waals surface area contributed by atoms with Crippen LogP contribution in [0.25, 0.3) is 0 Å². The predicted molar refractivity (Wildman–Crippen MR) is 123 cm³/mol. The van der Waals surface area contributed by atoms with Crippen LogP contribution in [-0.4, -0.2) is 37.7 Å². The molecule has 1 aliphatic heterocycles. The van der Waals surface area contributed by atoms with Crippen LogP contribution in [-0.2, 0) is 10.0 Å². The molecule has 1 aliphatic carbocycles. The highest BCUT2D eigenvalue weighted by Gasteiger charge is 2.40. The van der Waals surface area contributed by atoms with Gasteiger partial charge in [-0.25, -0.2) is 12.7 Å². The lowest BCUT2D eigenvalue weighted by Crippen LogP contribution is -2.36. The first-order valence-corrected chi connectivity index (χ1v) is 13.1. The SMILES string of the molecule is CCC1CCCCC1.C[C@H]1CCN(S(=O)(=O)CC(F)(F)F)C1.Cc1ccc(C#N)c(Cl)c1. The van der Waals surface area contributed by atoms with Crippen molar-refractivity contribution in [3.8, 4) is 6.07 Å². The van der Waals surface area contributed by atoms with Crippen molar-refractivity contribution in [2.75, 3.05) is 18.8 Å². The standard InChI is InChI=1S/C8H6ClN.C8H16.C7H12F3NO2S/c1-6-2-3-7(5-10)8(9)4-6;1-2-8-6-4-3-5-7-8;1-6-2-3-11(4-6)14(12,13)5-7(8,9)10/h2-4H,1H3;8H,2-7H2,1H3;6H,2-5H2,1H3/t;;6-/m..0/s1. The Labute approximate surface area is 195 Å². The van der Waals surface area contributed by atoms with Gasteiger partial charge < -0.3 is 0 Å². The number of rotatable bonds is 3. The lowest BCUT2D eigenvalue weighted by Gasteiger charge is -2.18. The number of hydrogen-bond donors (Lipinski definition) is 0. The maximum atomic E-state index is 11.9. The van der Waals surface area contributed by atoms with Crippen molar-refractivity contribution in [2.24, 2.45) is 11.8 Å². The summed E-state index contributed by atoms with van der Waals surface area (Å²) in [6, 6.07) is 7.35. The second-order valence-electron chi connectivity index (χ2n) is 8.63. The van der Waals surface area contributed by atoms with Gasteiger partial charge in [0.15, 0.2) is 5.75 Å². The van der Waals surface area contributed by atoms with Gasteiger partial charge in [0.25, 0.3) is 0 Å². The zero-order chi connectivity index (χ0) is 24.4. The average Bonchev–Trinajstić information content (AvgIpc) is 3.15. The zero-order valence-electron chi connectivity index (χ0n) is 19.1. The molecule has 9 heteroatoms. The molecule has 0 radical (unpaired) electrons. The van der Waals surface area contributed by atoms with E-state index in [1.165, 1.54) is 38.5 Å². The van der Waals surface area contributed by atoms with E-state index in [1.54, 1.807) is 12.1 Å². The summed E-state index contributed by atoms with van der Waals surface area (Å²) >= 11 is 5.71. The fourth-order valence-electron chi connectivity index (χ4n) is 3.75. The predicted octanol–water partition coefficient (Wildman–Crippen LogP) is 6.72. The number of aryl methyl sites for hydroxylation is 1. The molecule has 0 aromatic heterocycles. The molecule has 1 saturated heterocycles. The largest absolute Gasteiger partial charge is 0.404 e. The maximum Gasteiger partial charge on any atom is 0.404 e. The summed E-state index contributed by atoms with van der Waals surface area (Å²) in [6.45, 7) is 6.49. The Hall–Kier alpha value is -1.30. The summed E-state index contributed by atoms with van der Waals surface area (Å²) < 4.78 is 59.0. The van der Waals surface area contributed by atoms with Crippen molar-refractivity contribution in [1.29, 1.82) is 5.26 Å². The van der Waals surface area contributed by atoms with Crippen molar-refractivity contribution >= 4 is 21.6 Å². The van der Waals surface area contributed by atoms with Crippen LogP contribution in [0.3, 0.4) is 0 Å². The Morgan fingerprint density at radius 2 is 1.81 bits per heavy atom. The van der Waals surface area contributed by atoms with Crippen LogP contribution in [0, 0.1) is 30.1 Å². The Kier molecular flexibility index (Phi) is 12.0. The third-order valence-corrected chi connectivity index (χ3v) is 7.80. The van der Waals surface area contributed by atoms with E-state index in [-0.39, 0.29) is 19.0 Å². The molecule has 3 rings (SSSR count). The molecule has 32 heavy (non-hydrogen) atoms. The molecular weight excluding hydrogens is 461 g/mol. The highest BCUT2D eigenvalue weighted by atomic mass is 35.5. The first-order valence-electron chi connectivity index (χ1n) is 11.1. The third-order valence-electron chi connectivity index (χ3n) is 5.67. The summed E-state index contributed by atoms with van der Waals surface area (Å²) in [5.74, 6) is -0.506. The molecule has 2 fully saturated rings. The minimum absolute atomic E-state index is 0.151. The highest BCUT2D eigenvalue weighted by Crippen LogP contribution is 2.26. The van der Waals surface area contributed by atoms with E-state index in [0.717, 1.165) is 15.8 Å². The normalized spacial score (nSPS) is 19.9. The van der Waals surface area contributed by atoms with Crippen molar-refractivity contribution in [3.05, 3.63) is 34.3 Å². The van der Waals surface area contributed by atoms with Crippen LogP contribution in [0.1, 0.15) is 69.9 Å². The minimum atomic E-state index is -4.65. The number of hydrogen-bond acceptors (Lipinski definition) is 3. The Morgan fingerprint density at radius 1 is 1.19 bits per heavy atom. The van der Waals surface area contributed by atoms with E-state index in [9.17, 15) is 21.6 Å². The molecule has 1 atom stereocenters. The molecule has 1 aromatic carbocycles. The van der Waals surface area contributed by atoms with Crippen molar-refractivity contribution in [2.45, 2.75) is 71.9 Å². The first kappa shape index (κ1) is 28.7. The molecule has 1 saturated carbocycles. The highest BCUT2D eigenvalue weighted by molar-refractivity contribution is 7.89. The molecule has 0 N–H and O–H groups in total. The van der Waals surface area contributed by atoms with Crippen LogP contribution in [0.2, 0.25) is 5.02 Å². The van der Waals surface area contributed by atoms with Crippen molar-refractivity contribution in [1.82, 2.24) is 4.31 Å². The van der Waals surface area contributed by atoms with E-state index < -0.39 is 22.0 Å². The van der Waals surface area contributed by atoms with Gasteiger partial charge in [-0.2, -0.15) is 18.4 Å². The Morgan fingerprint density at radius 3 is 2.22 bits per heavy atom. The summed E-state index contributed by atoms with van der Waals surface area (Å²) in [5, 5.41) is 9.00. The van der Waals surface area contributed by atoms with Crippen LogP contribution in [0.15, 0.2) is 18.2 Å². The summed E-state index contributed by atoms with van der Waals surface area (Å²) in [5.41, 5.74) is 1.61. The monoisotopic (exact) mass is 494 g/mol. The van der Waals surface area contributed by atoms with Crippen molar-refractivity contribution in [3.63, 3.8) is 0 Å². The lowest BCUT2D eigenvalue weighted by atomic mass is 9.88. The van der Waals surface area contributed by atoms with E-state index in [1.807, 2.05) is 26.0 Å². The maximum absolute atomic E-state index is 11.9. The number of alkyl halides is 3. The van der Waals surface area contributed by atoms with Gasteiger partial charge in [0, 0.05) is 13.1 Å².